The smallest absolute Gasteiger partial charge is 0.144 e. The summed E-state index contributed by atoms with van der Waals surface area (Å²) in [7, 11) is 0. The first-order valence-electron chi connectivity index (χ1n) is 7.29. The SMILES string of the molecule is CCOc1cccc(NC2CCOc3ccccc32)c1N. The van der Waals surface area contributed by atoms with Crippen LogP contribution in [-0.4, -0.2) is 13.2 Å². The lowest BCUT2D eigenvalue weighted by molar-refractivity contribution is 0.274. The zero-order valence-corrected chi connectivity index (χ0v) is 12.1. The summed E-state index contributed by atoms with van der Waals surface area (Å²) < 4.78 is 11.2. The molecule has 1 atom stereocenters. The largest absolute Gasteiger partial charge is 0.493 e. The molecule has 0 fully saturated rings. The number of nitrogens with two attached hydrogens (primary N) is 1. The number of ether oxygens (including phenoxy) is 2. The van der Waals surface area contributed by atoms with Crippen LogP contribution in [0.25, 0.3) is 0 Å². The standard InChI is InChI=1S/C17H20N2O2/c1-2-20-16-9-5-7-14(17(16)18)19-13-10-11-21-15-8-4-3-6-12(13)15/h3-9,13,19H,2,10-11,18H2,1H3. The van der Waals surface area contributed by atoms with Crippen molar-refractivity contribution in [3.63, 3.8) is 0 Å². The Hall–Kier alpha value is -2.36. The van der Waals surface area contributed by atoms with Crippen LogP contribution in [0.5, 0.6) is 11.5 Å². The van der Waals surface area contributed by atoms with Crippen LogP contribution in [0, 0.1) is 0 Å². The lowest BCUT2D eigenvalue weighted by Gasteiger charge is -2.28. The Labute approximate surface area is 124 Å². The summed E-state index contributed by atoms with van der Waals surface area (Å²) in [6, 6.07) is 14.1. The van der Waals surface area contributed by atoms with Gasteiger partial charge in [0.1, 0.15) is 11.5 Å². The maximum absolute atomic E-state index is 6.19. The van der Waals surface area contributed by atoms with E-state index in [1.165, 1.54) is 5.56 Å². The van der Waals surface area contributed by atoms with Gasteiger partial charge >= 0.3 is 0 Å². The van der Waals surface area contributed by atoms with Gasteiger partial charge in [-0.3, -0.25) is 0 Å². The van der Waals surface area contributed by atoms with Crippen molar-refractivity contribution in [2.75, 3.05) is 24.3 Å². The van der Waals surface area contributed by atoms with Gasteiger partial charge in [0, 0.05) is 12.0 Å². The lowest BCUT2D eigenvalue weighted by Crippen LogP contribution is -2.20. The predicted octanol–water partition coefficient (Wildman–Crippen LogP) is 3.60. The van der Waals surface area contributed by atoms with Gasteiger partial charge in [-0.1, -0.05) is 24.3 Å². The first-order chi connectivity index (χ1) is 10.3. The molecule has 0 radical (unpaired) electrons. The fourth-order valence-corrected chi connectivity index (χ4v) is 2.63. The van der Waals surface area contributed by atoms with Crippen molar-refractivity contribution >= 4 is 11.4 Å². The van der Waals surface area contributed by atoms with Gasteiger partial charge < -0.3 is 20.5 Å². The minimum atomic E-state index is 0.203. The highest BCUT2D eigenvalue weighted by Gasteiger charge is 2.21. The van der Waals surface area contributed by atoms with E-state index in [1.807, 2.05) is 43.3 Å². The Kier molecular flexibility index (Phi) is 3.86. The van der Waals surface area contributed by atoms with Crippen molar-refractivity contribution in [2.24, 2.45) is 0 Å². The van der Waals surface area contributed by atoms with E-state index < -0.39 is 0 Å². The van der Waals surface area contributed by atoms with Gasteiger partial charge in [0.2, 0.25) is 0 Å². The second-order valence-corrected chi connectivity index (χ2v) is 5.02. The maximum atomic E-state index is 6.19. The Bertz CT molecular complexity index is 628. The molecule has 1 aliphatic rings. The number of hydrogen-bond donors (Lipinski definition) is 2. The molecule has 21 heavy (non-hydrogen) atoms. The highest BCUT2D eigenvalue weighted by atomic mass is 16.5. The molecule has 4 nitrogen and oxygen atoms in total. The molecule has 3 rings (SSSR count). The predicted molar refractivity (Wildman–Crippen MR) is 84.9 cm³/mol. The van der Waals surface area contributed by atoms with E-state index in [-0.39, 0.29) is 6.04 Å². The average molecular weight is 284 g/mol. The number of rotatable bonds is 4. The lowest BCUT2D eigenvalue weighted by atomic mass is 10.00. The second-order valence-electron chi connectivity index (χ2n) is 5.02. The third kappa shape index (κ3) is 2.75. The van der Waals surface area contributed by atoms with Gasteiger partial charge in [0.05, 0.1) is 30.6 Å². The van der Waals surface area contributed by atoms with Crippen molar-refractivity contribution in [2.45, 2.75) is 19.4 Å². The quantitative estimate of drug-likeness (QED) is 0.842. The van der Waals surface area contributed by atoms with Crippen molar-refractivity contribution in [3.8, 4) is 11.5 Å². The zero-order chi connectivity index (χ0) is 14.7. The van der Waals surface area contributed by atoms with E-state index in [0.29, 0.717) is 18.9 Å². The van der Waals surface area contributed by atoms with E-state index in [0.717, 1.165) is 23.6 Å². The van der Waals surface area contributed by atoms with Gasteiger partial charge in [0.15, 0.2) is 0 Å². The van der Waals surface area contributed by atoms with E-state index in [2.05, 4.69) is 11.4 Å². The molecule has 0 saturated carbocycles. The molecule has 0 aromatic heterocycles. The summed E-state index contributed by atoms with van der Waals surface area (Å²) in [4.78, 5) is 0. The Morgan fingerprint density at radius 2 is 2.10 bits per heavy atom. The van der Waals surface area contributed by atoms with Crippen molar-refractivity contribution in [1.29, 1.82) is 0 Å². The first-order valence-corrected chi connectivity index (χ1v) is 7.29. The number of benzene rings is 2. The zero-order valence-electron chi connectivity index (χ0n) is 12.1. The molecule has 2 aromatic rings. The van der Waals surface area contributed by atoms with Crippen LogP contribution in [0.2, 0.25) is 0 Å². The van der Waals surface area contributed by atoms with Gasteiger partial charge in [0.25, 0.3) is 0 Å². The third-order valence-corrected chi connectivity index (χ3v) is 3.65. The van der Waals surface area contributed by atoms with Gasteiger partial charge in [-0.2, -0.15) is 0 Å². The highest BCUT2D eigenvalue weighted by molar-refractivity contribution is 5.73. The normalized spacial score (nSPS) is 16.7. The van der Waals surface area contributed by atoms with Crippen molar-refractivity contribution < 1.29 is 9.47 Å². The fourth-order valence-electron chi connectivity index (χ4n) is 2.63. The van der Waals surface area contributed by atoms with Crippen LogP contribution >= 0.6 is 0 Å². The minimum Gasteiger partial charge on any atom is -0.493 e. The molecule has 110 valence electrons. The van der Waals surface area contributed by atoms with Gasteiger partial charge in [-0.05, 0) is 25.1 Å². The summed E-state index contributed by atoms with van der Waals surface area (Å²) in [5, 5.41) is 3.52. The third-order valence-electron chi connectivity index (χ3n) is 3.65. The van der Waals surface area contributed by atoms with Crippen molar-refractivity contribution in [3.05, 3.63) is 48.0 Å². The van der Waals surface area contributed by atoms with Crippen LogP contribution in [0.4, 0.5) is 11.4 Å². The molecule has 4 heteroatoms. The first kappa shape index (κ1) is 13.6. The topological polar surface area (TPSA) is 56.5 Å². The number of hydrogen-bond acceptors (Lipinski definition) is 4. The fraction of sp³-hybridized carbons (Fsp3) is 0.294. The summed E-state index contributed by atoms with van der Waals surface area (Å²) >= 11 is 0. The van der Waals surface area contributed by atoms with Crippen LogP contribution in [0.15, 0.2) is 42.5 Å². The summed E-state index contributed by atoms with van der Waals surface area (Å²) in [6.07, 6.45) is 0.912. The van der Waals surface area contributed by atoms with E-state index in [4.69, 9.17) is 15.2 Å². The molecule has 0 spiro atoms. The average Bonchev–Trinajstić information content (AvgIpc) is 2.52. The number of nitrogen functional groups attached to an aromatic ring is 1. The second kappa shape index (κ2) is 5.95. The Morgan fingerprint density at radius 3 is 2.95 bits per heavy atom. The minimum absolute atomic E-state index is 0.203. The Balaban J connectivity index is 1.86. The number of anilines is 2. The molecule has 2 aromatic carbocycles. The molecular weight excluding hydrogens is 264 g/mol. The van der Waals surface area contributed by atoms with Crippen LogP contribution in [0.1, 0.15) is 24.9 Å². The molecule has 1 heterocycles. The maximum Gasteiger partial charge on any atom is 0.144 e. The van der Waals surface area contributed by atoms with Gasteiger partial charge in [-0.15, -0.1) is 0 Å². The Morgan fingerprint density at radius 1 is 1.24 bits per heavy atom. The van der Waals surface area contributed by atoms with E-state index in [1.54, 1.807) is 0 Å². The molecule has 1 unspecified atom stereocenters. The van der Waals surface area contributed by atoms with E-state index >= 15 is 0 Å². The van der Waals surface area contributed by atoms with Gasteiger partial charge in [-0.25, -0.2) is 0 Å². The number of para-hydroxylation sites is 2. The molecule has 0 amide bonds. The van der Waals surface area contributed by atoms with Crippen LogP contribution in [-0.2, 0) is 0 Å². The van der Waals surface area contributed by atoms with Crippen LogP contribution in [0.3, 0.4) is 0 Å². The summed E-state index contributed by atoms with van der Waals surface area (Å²) in [6.45, 7) is 3.27. The molecular formula is C17H20N2O2. The monoisotopic (exact) mass is 284 g/mol. The molecule has 0 saturated heterocycles. The van der Waals surface area contributed by atoms with E-state index in [9.17, 15) is 0 Å². The van der Waals surface area contributed by atoms with Crippen molar-refractivity contribution in [1.82, 2.24) is 0 Å². The molecule has 1 aliphatic heterocycles. The molecule has 3 N–H and O–H groups in total. The summed E-state index contributed by atoms with van der Waals surface area (Å²) in [5.41, 5.74) is 8.92. The number of nitrogens with one attached hydrogen (secondary N) is 1. The molecule has 0 aliphatic carbocycles. The number of fused-ring (bicyclic) bond motifs is 1. The summed E-state index contributed by atoms with van der Waals surface area (Å²) in [5.74, 6) is 1.67. The highest BCUT2D eigenvalue weighted by Crippen LogP contribution is 2.37. The molecule has 0 bridgehead atoms. The van der Waals surface area contributed by atoms with Crippen LogP contribution < -0.4 is 20.5 Å².